The van der Waals surface area contributed by atoms with Crippen LogP contribution in [0.5, 0.6) is 0 Å². The Labute approximate surface area is 123 Å². The maximum Gasteiger partial charge on any atom is 0.250 e. The van der Waals surface area contributed by atoms with Gasteiger partial charge in [-0.3, -0.25) is 0 Å². The normalized spacial score (nSPS) is 24.5. The van der Waals surface area contributed by atoms with Gasteiger partial charge in [-0.1, -0.05) is 6.42 Å². The van der Waals surface area contributed by atoms with Crippen molar-refractivity contribution in [2.75, 3.05) is 6.26 Å². The van der Waals surface area contributed by atoms with Crippen molar-refractivity contribution in [2.45, 2.75) is 47.7 Å². The SMILES string of the molecule is CSC1CCCC(NS(=O)(=O)c2cc(CN)cs2)C1. The van der Waals surface area contributed by atoms with E-state index < -0.39 is 10.0 Å². The number of nitrogens with two attached hydrogens (primary N) is 1. The van der Waals surface area contributed by atoms with E-state index in [2.05, 4.69) is 11.0 Å². The Kier molecular flexibility index (Phi) is 5.30. The van der Waals surface area contributed by atoms with Crippen LogP contribution in [-0.4, -0.2) is 26.0 Å². The minimum Gasteiger partial charge on any atom is -0.326 e. The average molecular weight is 321 g/mol. The van der Waals surface area contributed by atoms with E-state index in [1.165, 1.54) is 17.8 Å². The lowest BCUT2D eigenvalue weighted by Crippen LogP contribution is -2.38. The molecule has 0 radical (unpaired) electrons. The topological polar surface area (TPSA) is 72.2 Å². The lowest BCUT2D eigenvalue weighted by Gasteiger charge is -2.28. The molecule has 1 aromatic rings. The Morgan fingerprint density at radius 3 is 2.95 bits per heavy atom. The van der Waals surface area contributed by atoms with Gasteiger partial charge in [-0.05, 0) is 42.5 Å². The fourth-order valence-corrected chi connectivity index (χ4v) is 5.69. The number of sulfonamides is 1. The summed E-state index contributed by atoms with van der Waals surface area (Å²) in [6.45, 7) is 0.379. The number of hydrogen-bond donors (Lipinski definition) is 2. The average Bonchev–Trinajstić information content (AvgIpc) is 2.88. The second-order valence-electron chi connectivity index (χ2n) is 4.82. The summed E-state index contributed by atoms with van der Waals surface area (Å²) >= 11 is 3.07. The van der Waals surface area contributed by atoms with Gasteiger partial charge >= 0.3 is 0 Å². The van der Waals surface area contributed by atoms with Gasteiger partial charge in [0.25, 0.3) is 0 Å². The molecule has 1 saturated carbocycles. The lowest BCUT2D eigenvalue weighted by atomic mass is 9.96. The molecule has 19 heavy (non-hydrogen) atoms. The molecule has 1 aliphatic carbocycles. The summed E-state index contributed by atoms with van der Waals surface area (Å²) in [5.41, 5.74) is 6.39. The molecule has 2 atom stereocenters. The number of hydrogen-bond acceptors (Lipinski definition) is 5. The van der Waals surface area contributed by atoms with Crippen LogP contribution in [0.15, 0.2) is 15.7 Å². The minimum atomic E-state index is -3.38. The smallest absolute Gasteiger partial charge is 0.250 e. The van der Waals surface area contributed by atoms with E-state index in [4.69, 9.17) is 5.73 Å². The second kappa shape index (κ2) is 6.58. The highest BCUT2D eigenvalue weighted by molar-refractivity contribution is 7.99. The van der Waals surface area contributed by atoms with Crippen molar-refractivity contribution in [3.05, 3.63) is 17.0 Å². The van der Waals surface area contributed by atoms with E-state index in [-0.39, 0.29) is 6.04 Å². The third kappa shape index (κ3) is 3.95. The highest BCUT2D eigenvalue weighted by Gasteiger charge is 2.26. The van der Waals surface area contributed by atoms with Crippen molar-refractivity contribution < 1.29 is 8.42 Å². The Morgan fingerprint density at radius 1 is 1.53 bits per heavy atom. The van der Waals surface area contributed by atoms with Gasteiger partial charge in [0.05, 0.1) is 0 Å². The fourth-order valence-electron chi connectivity index (χ4n) is 2.34. The number of rotatable bonds is 5. The third-order valence-electron chi connectivity index (χ3n) is 3.41. The number of thioether (sulfide) groups is 1. The first-order valence-electron chi connectivity index (χ1n) is 6.37. The molecular weight excluding hydrogens is 300 g/mol. The van der Waals surface area contributed by atoms with Crippen LogP contribution in [0.4, 0.5) is 0 Å². The third-order valence-corrected chi connectivity index (χ3v) is 7.52. The predicted octanol–water partition coefficient (Wildman–Crippen LogP) is 2.16. The quantitative estimate of drug-likeness (QED) is 0.872. The van der Waals surface area contributed by atoms with E-state index in [0.29, 0.717) is 16.0 Å². The summed E-state index contributed by atoms with van der Waals surface area (Å²) in [7, 11) is -3.38. The molecule has 0 aliphatic heterocycles. The molecule has 0 aromatic carbocycles. The molecule has 1 aromatic heterocycles. The minimum absolute atomic E-state index is 0.0691. The predicted molar refractivity (Wildman–Crippen MR) is 82.1 cm³/mol. The maximum atomic E-state index is 12.3. The highest BCUT2D eigenvalue weighted by atomic mass is 32.2. The molecule has 7 heteroatoms. The van der Waals surface area contributed by atoms with Crippen molar-refractivity contribution in [1.29, 1.82) is 0 Å². The van der Waals surface area contributed by atoms with Gasteiger partial charge in [-0.15, -0.1) is 11.3 Å². The molecule has 108 valence electrons. The molecule has 4 nitrogen and oxygen atoms in total. The zero-order chi connectivity index (χ0) is 13.9. The summed E-state index contributed by atoms with van der Waals surface area (Å²) < 4.78 is 27.8. The van der Waals surface area contributed by atoms with Crippen molar-refractivity contribution in [1.82, 2.24) is 4.72 Å². The molecule has 0 bridgehead atoms. The van der Waals surface area contributed by atoms with Gasteiger partial charge in [0, 0.05) is 17.8 Å². The summed E-state index contributed by atoms with van der Waals surface area (Å²) in [5, 5.41) is 2.38. The van der Waals surface area contributed by atoms with Gasteiger partial charge in [0.2, 0.25) is 10.0 Å². The summed E-state index contributed by atoms with van der Waals surface area (Å²) in [6.07, 6.45) is 6.24. The van der Waals surface area contributed by atoms with Crippen molar-refractivity contribution >= 4 is 33.1 Å². The van der Waals surface area contributed by atoms with E-state index >= 15 is 0 Å². The van der Waals surface area contributed by atoms with Gasteiger partial charge < -0.3 is 5.73 Å². The first-order valence-corrected chi connectivity index (χ1v) is 10.0. The van der Waals surface area contributed by atoms with Crippen LogP contribution in [-0.2, 0) is 16.6 Å². The molecule has 0 saturated heterocycles. The largest absolute Gasteiger partial charge is 0.326 e. The monoisotopic (exact) mass is 320 g/mol. The van der Waals surface area contributed by atoms with E-state index in [9.17, 15) is 8.42 Å². The van der Waals surface area contributed by atoms with Crippen LogP contribution >= 0.6 is 23.1 Å². The van der Waals surface area contributed by atoms with Crippen LogP contribution in [0.1, 0.15) is 31.2 Å². The van der Waals surface area contributed by atoms with E-state index in [1.807, 2.05) is 11.8 Å². The standard InChI is InChI=1S/C12H20N2O2S3/c1-17-11-4-2-3-10(6-11)14-19(15,16)12-5-9(7-13)8-18-12/h5,8,10-11,14H,2-4,6-7,13H2,1H3. The molecule has 0 spiro atoms. The van der Waals surface area contributed by atoms with Crippen LogP contribution in [0, 0.1) is 0 Å². The molecule has 2 rings (SSSR count). The maximum absolute atomic E-state index is 12.3. The van der Waals surface area contributed by atoms with Crippen molar-refractivity contribution in [3.63, 3.8) is 0 Å². The highest BCUT2D eigenvalue weighted by Crippen LogP contribution is 2.28. The number of thiophene rings is 1. The Bertz CT molecular complexity index is 513. The van der Waals surface area contributed by atoms with Crippen molar-refractivity contribution in [2.24, 2.45) is 5.73 Å². The van der Waals surface area contributed by atoms with Gasteiger partial charge in [0.1, 0.15) is 4.21 Å². The molecule has 0 amide bonds. The summed E-state index contributed by atoms with van der Waals surface area (Å²) in [6, 6.07) is 1.74. The first-order chi connectivity index (χ1) is 9.05. The molecule has 2 unspecified atom stereocenters. The van der Waals surface area contributed by atoms with Crippen molar-refractivity contribution in [3.8, 4) is 0 Å². The summed E-state index contributed by atoms with van der Waals surface area (Å²) in [5.74, 6) is 0. The zero-order valence-corrected chi connectivity index (χ0v) is 13.4. The first kappa shape index (κ1) is 15.3. The van der Waals surface area contributed by atoms with E-state index in [1.54, 1.807) is 11.4 Å². The van der Waals surface area contributed by atoms with Gasteiger partial charge in [0.15, 0.2) is 0 Å². The molecule has 1 heterocycles. The van der Waals surface area contributed by atoms with Gasteiger partial charge in [-0.25, -0.2) is 13.1 Å². The van der Waals surface area contributed by atoms with E-state index in [0.717, 1.165) is 24.8 Å². The van der Waals surface area contributed by atoms with Gasteiger partial charge in [-0.2, -0.15) is 11.8 Å². The molecule has 3 N–H and O–H groups in total. The second-order valence-corrected chi connectivity index (χ2v) is 8.81. The lowest BCUT2D eigenvalue weighted by molar-refractivity contribution is 0.421. The molecule has 1 aliphatic rings. The molecular formula is C12H20N2O2S3. The van der Waals surface area contributed by atoms with Crippen LogP contribution in [0.25, 0.3) is 0 Å². The van der Waals surface area contributed by atoms with Crippen LogP contribution < -0.4 is 10.5 Å². The Balaban J connectivity index is 2.04. The Hall–Kier alpha value is -0.0800. The Morgan fingerprint density at radius 2 is 2.32 bits per heavy atom. The van der Waals surface area contributed by atoms with Crippen LogP contribution in [0.3, 0.4) is 0 Å². The van der Waals surface area contributed by atoms with Crippen LogP contribution in [0.2, 0.25) is 0 Å². The molecule has 1 fully saturated rings. The fraction of sp³-hybridized carbons (Fsp3) is 0.667. The number of nitrogens with one attached hydrogen (secondary N) is 1. The zero-order valence-electron chi connectivity index (χ0n) is 11.0. The summed E-state index contributed by atoms with van der Waals surface area (Å²) in [4.78, 5) is 0.